The molecule has 0 saturated carbocycles. The summed E-state index contributed by atoms with van der Waals surface area (Å²) in [5.41, 5.74) is 8.48. The van der Waals surface area contributed by atoms with Crippen LogP contribution in [0.4, 0.5) is 0 Å². The molecule has 0 aliphatic carbocycles. The summed E-state index contributed by atoms with van der Waals surface area (Å²) >= 11 is 14.6. The van der Waals surface area contributed by atoms with Gasteiger partial charge in [0.25, 0.3) is 0 Å². The number of hydrogen-bond acceptors (Lipinski definition) is 2. The van der Waals surface area contributed by atoms with Crippen LogP contribution >= 0.6 is 54.8 Å². The second-order valence-electron chi connectivity index (χ2n) is 3.71. The fourth-order valence-corrected chi connectivity index (χ4v) is 4.38. The maximum Gasteiger partial charge on any atom is 0.0704 e. The second-order valence-corrected chi connectivity index (χ2v) is 7.63. The van der Waals surface area contributed by atoms with Crippen molar-refractivity contribution in [2.24, 2.45) is 5.73 Å². The van der Waals surface area contributed by atoms with E-state index in [0.717, 1.165) is 19.4 Å². The lowest BCUT2D eigenvalue weighted by Gasteiger charge is -2.14. The zero-order chi connectivity index (χ0) is 12.6. The number of nitrogens with two attached hydrogens (primary N) is 1. The van der Waals surface area contributed by atoms with E-state index in [1.54, 1.807) is 11.3 Å². The molecule has 0 amide bonds. The minimum Gasteiger partial charge on any atom is -0.320 e. The maximum absolute atomic E-state index is 6.29. The van der Waals surface area contributed by atoms with E-state index in [0.29, 0.717) is 5.02 Å². The molecule has 90 valence electrons. The third kappa shape index (κ3) is 2.93. The van der Waals surface area contributed by atoms with Gasteiger partial charge in [-0.15, -0.1) is 11.3 Å². The number of halogens is 3. The topological polar surface area (TPSA) is 26.0 Å². The molecule has 1 nitrogen and oxygen atoms in total. The first-order chi connectivity index (χ1) is 7.99. The summed E-state index contributed by atoms with van der Waals surface area (Å²) in [5.74, 6) is 0. The van der Waals surface area contributed by atoms with Gasteiger partial charge in [0.15, 0.2) is 0 Å². The van der Waals surface area contributed by atoms with Crippen molar-refractivity contribution in [1.29, 1.82) is 0 Å². The minimum atomic E-state index is -0.135. The fraction of sp³-hybridized carbons (Fsp3) is 0.167. The van der Waals surface area contributed by atoms with Crippen LogP contribution in [0.25, 0.3) is 0 Å². The van der Waals surface area contributed by atoms with Crippen molar-refractivity contribution in [1.82, 2.24) is 0 Å². The highest BCUT2D eigenvalue weighted by atomic mass is 79.9. The highest BCUT2D eigenvalue weighted by Crippen LogP contribution is 2.35. The van der Waals surface area contributed by atoms with Gasteiger partial charge in [0.1, 0.15) is 0 Å². The average molecular weight is 396 g/mol. The summed E-state index contributed by atoms with van der Waals surface area (Å²) in [5, 5.41) is 0.705. The molecule has 2 N–H and O–H groups in total. The summed E-state index contributed by atoms with van der Waals surface area (Å²) in [6.45, 7) is 2.08. The lowest BCUT2D eigenvalue weighted by atomic mass is 10.0. The highest BCUT2D eigenvalue weighted by Gasteiger charge is 2.16. The lowest BCUT2D eigenvalue weighted by molar-refractivity contribution is 0.863. The zero-order valence-electron chi connectivity index (χ0n) is 9.01. The number of rotatable bonds is 2. The molecule has 0 bridgehead atoms. The van der Waals surface area contributed by atoms with Gasteiger partial charge in [-0.25, -0.2) is 0 Å². The van der Waals surface area contributed by atoms with Gasteiger partial charge in [-0.05, 0) is 52.2 Å². The van der Waals surface area contributed by atoms with E-state index < -0.39 is 0 Å². The third-order valence-electron chi connectivity index (χ3n) is 2.56. The van der Waals surface area contributed by atoms with Gasteiger partial charge in [0.05, 0.1) is 9.83 Å². The Kier molecular flexibility index (Phi) is 4.31. The molecule has 2 aromatic rings. The molecule has 0 spiro atoms. The van der Waals surface area contributed by atoms with Crippen molar-refractivity contribution in [3.63, 3.8) is 0 Å². The molecule has 0 fully saturated rings. The summed E-state index contributed by atoms with van der Waals surface area (Å²) in [6.07, 6.45) is 0. The largest absolute Gasteiger partial charge is 0.320 e. The summed E-state index contributed by atoms with van der Waals surface area (Å²) < 4.78 is 2.05. The number of hydrogen-bond donors (Lipinski definition) is 1. The molecular weight excluding hydrogens is 385 g/mol. The Morgan fingerprint density at radius 1 is 1.24 bits per heavy atom. The Morgan fingerprint density at radius 2 is 1.94 bits per heavy atom. The first-order valence-corrected chi connectivity index (χ1v) is 7.73. The number of thiophene rings is 1. The molecule has 1 heterocycles. The van der Waals surface area contributed by atoms with Gasteiger partial charge in [0.2, 0.25) is 0 Å². The molecule has 2 rings (SSSR count). The number of benzene rings is 1. The van der Waals surface area contributed by atoms with Crippen LogP contribution in [0.3, 0.4) is 0 Å². The van der Waals surface area contributed by atoms with Crippen molar-refractivity contribution in [3.05, 3.63) is 53.6 Å². The van der Waals surface area contributed by atoms with E-state index >= 15 is 0 Å². The molecule has 5 heteroatoms. The van der Waals surface area contributed by atoms with Gasteiger partial charge < -0.3 is 5.73 Å². The molecule has 0 aliphatic heterocycles. The molecule has 0 saturated heterocycles. The van der Waals surface area contributed by atoms with E-state index in [2.05, 4.69) is 44.8 Å². The van der Waals surface area contributed by atoms with E-state index in [4.69, 9.17) is 17.3 Å². The SMILES string of the molecule is Cc1sc(Br)cc1C(N)c1ccc(Cl)cc1Br. The minimum absolute atomic E-state index is 0.135. The first kappa shape index (κ1) is 13.6. The molecule has 17 heavy (non-hydrogen) atoms. The van der Waals surface area contributed by atoms with Gasteiger partial charge >= 0.3 is 0 Å². The summed E-state index contributed by atoms with van der Waals surface area (Å²) in [7, 11) is 0. The van der Waals surface area contributed by atoms with Gasteiger partial charge in [-0.3, -0.25) is 0 Å². The molecule has 1 atom stereocenters. The monoisotopic (exact) mass is 393 g/mol. The van der Waals surface area contributed by atoms with Crippen molar-refractivity contribution in [2.45, 2.75) is 13.0 Å². The second kappa shape index (κ2) is 5.41. The summed E-state index contributed by atoms with van der Waals surface area (Å²) in [4.78, 5) is 1.23. The smallest absolute Gasteiger partial charge is 0.0704 e. The molecule has 0 radical (unpaired) electrons. The molecule has 1 unspecified atom stereocenters. The van der Waals surface area contributed by atoms with Crippen LogP contribution in [0.15, 0.2) is 32.5 Å². The van der Waals surface area contributed by atoms with Crippen LogP contribution < -0.4 is 5.73 Å². The van der Waals surface area contributed by atoms with Crippen LogP contribution in [0.2, 0.25) is 5.02 Å². The zero-order valence-corrected chi connectivity index (χ0v) is 13.8. The van der Waals surface area contributed by atoms with E-state index in [9.17, 15) is 0 Å². The van der Waals surface area contributed by atoms with Crippen LogP contribution in [0.1, 0.15) is 22.0 Å². The van der Waals surface area contributed by atoms with Gasteiger partial charge in [0, 0.05) is 14.4 Å². The Balaban J connectivity index is 2.43. The molecular formula is C12H10Br2ClNS. The maximum atomic E-state index is 6.29. The van der Waals surface area contributed by atoms with Crippen molar-refractivity contribution >= 4 is 54.8 Å². The molecule has 0 aliphatic rings. The van der Waals surface area contributed by atoms with Crippen LogP contribution in [0.5, 0.6) is 0 Å². The quantitative estimate of drug-likeness (QED) is 0.735. The Labute approximate surface area is 126 Å². The Hall–Kier alpha value is 0.130. The van der Waals surface area contributed by atoms with Gasteiger partial charge in [-0.2, -0.15) is 0 Å². The van der Waals surface area contributed by atoms with Crippen LogP contribution in [0, 0.1) is 6.92 Å². The van der Waals surface area contributed by atoms with Crippen LogP contribution in [-0.4, -0.2) is 0 Å². The van der Waals surface area contributed by atoms with E-state index in [1.165, 1.54) is 4.88 Å². The number of aryl methyl sites for hydroxylation is 1. The Bertz CT molecular complexity index is 553. The van der Waals surface area contributed by atoms with E-state index in [1.807, 2.05) is 18.2 Å². The van der Waals surface area contributed by atoms with Crippen molar-refractivity contribution in [3.8, 4) is 0 Å². The predicted molar refractivity (Wildman–Crippen MR) is 81.9 cm³/mol. The average Bonchev–Trinajstić information content (AvgIpc) is 2.57. The summed E-state index contributed by atoms with van der Waals surface area (Å²) in [6, 6.07) is 7.63. The van der Waals surface area contributed by atoms with Crippen molar-refractivity contribution < 1.29 is 0 Å². The molecule has 1 aromatic heterocycles. The van der Waals surface area contributed by atoms with Crippen molar-refractivity contribution in [2.75, 3.05) is 0 Å². The van der Waals surface area contributed by atoms with E-state index in [-0.39, 0.29) is 6.04 Å². The first-order valence-electron chi connectivity index (χ1n) is 4.95. The van der Waals surface area contributed by atoms with Gasteiger partial charge in [-0.1, -0.05) is 33.6 Å². The standard InChI is InChI=1S/C12H10Br2ClNS/c1-6-9(5-11(14)17-6)12(16)8-3-2-7(15)4-10(8)13/h2-5,12H,16H2,1H3. The predicted octanol–water partition coefficient (Wildman–Crippen LogP) is 5.28. The lowest BCUT2D eigenvalue weighted by Crippen LogP contribution is -2.12. The normalized spacial score (nSPS) is 12.8. The van der Waals surface area contributed by atoms with Crippen LogP contribution in [-0.2, 0) is 0 Å². The third-order valence-corrected chi connectivity index (χ3v) is 5.05. The molecule has 1 aromatic carbocycles. The fourth-order valence-electron chi connectivity index (χ4n) is 1.69. The highest BCUT2D eigenvalue weighted by molar-refractivity contribution is 9.11. The Morgan fingerprint density at radius 3 is 2.47 bits per heavy atom.